The number of terminal acetylenes is 1. The summed E-state index contributed by atoms with van der Waals surface area (Å²) in [6.45, 7) is 2.73. The summed E-state index contributed by atoms with van der Waals surface area (Å²) in [6.07, 6.45) is 11.2. The fraction of sp³-hybridized carbons (Fsp3) is 0.429. The maximum absolute atomic E-state index is 5.58. The van der Waals surface area contributed by atoms with E-state index in [0.29, 0.717) is 50.8 Å². The van der Waals surface area contributed by atoms with Gasteiger partial charge in [0.15, 0.2) is 5.76 Å². The number of hydrogen-bond acceptors (Lipinski definition) is 4. The smallest absolute Gasteiger partial charge is 0.157 e. The Kier molecular flexibility index (Phi) is 4.74. The van der Waals surface area contributed by atoms with Crippen LogP contribution in [0.3, 0.4) is 0 Å². The predicted octanol–water partition coefficient (Wildman–Crippen LogP) is 1.75. The van der Waals surface area contributed by atoms with E-state index in [0.717, 1.165) is 5.76 Å². The third kappa shape index (κ3) is 3.57. The van der Waals surface area contributed by atoms with E-state index in [-0.39, 0.29) is 0 Å². The van der Waals surface area contributed by atoms with Gasteiger partial charge in [-0.25, -0.2) is 0 Å². The van der Waals surface area contributed by atoms with E-state index in [1.54, 1.807) is 12.3 Å². The second-order valence-corrected chi connectivity index (χ2v) is 3.77. The second-order valence-electron chi connectivity index (χ2n) is 3.77. The molecule has 18 heavy (non-hydrogen) atoms. The molecule has 0 atom stereocenters. The van der Waals surface area contributed by atoms with Gasteiger partial charge in [-0.2, -0.15) is 0 Å². The molecular weight excluding hydrogens is 232 g/mol. The van der Waals surface area contributed by atoms with E-state index >= 15 is 0 Å². The minimum atomic E-state index is 0.488. The first kappa shape index (κ1) is 12.6. The number of ether oxygens (including phenoxy) is 4. The summed E-state index contributed by atoms with van der Waals surface area (Å²) in [5.41, 5.74) is 0.650. The molecule has 0 radical (unpaired) electrons. The standard InChI is InChI=1S/C14H16O4/c1-2-12-3-4-13-14(18-10-9-17-13)5-6-15-7-8-16-11-12/h1,3-4,11H,5-10H2/b4-3-,12-11-. The Morgan fingerprint density at radius 1 is 1.00 bits per heavy atom. The molecule has 2 aliphatic rings. The van der Waals surface area contributed by atoms with E-state index in [9.17, 15) is 0 Å². The highest BCUT2D eigenvalue weighted by Crippen LogP contribution is 2.19. The average molecular weight is 248 g/mol. The van der Waals surface area contributed by atoms with Crippen molar-refractivity contribution in [3.05, 3.63) is 35.5 Å². The molecule has 0 saturated heterocycles. The first-order valence-electron chi connectivity index (χ1n) is 5.93. The lowest BCUT2D eigenvalue weighted by Gasteiger charge is -2.20. The Labute approximate surface area is 107 Å². The van der Waals surface area contributed by atoms with Crippen LogP contribution in [0, 0.1) is 12.3 Å². The first-order valence-corrected chi connectivity index (χ1v) is 5.93. The number of allylic oxidation sites excluding steroid dienone is 3. The minimum Gasteiger partial charge on any atom is -0.497 e. The number of rotatable bonds is 0. The van der Waals surface area contributed by atoms with Gasteiger partial charge in [0.25, 0.3) is 0 Å². The highest BCUT2D eigenvalue weighted by atomic mass is 16.6. The van der Waals surface area contributed by atoms with Gasteiger partial charge in [0.2, 0.25) is 0 Å². The van der Waals surface area contributed by atoms with Crippen molar-refractivity contribution < 1.29 is 18.9 Å². The molecule has 0 fully saturated rings. The maximum atomic E-state index is 5.58. The lowest BCUT2D eigenvalue weighted by atomic mass is 10.2. The Balaban J connectivity index is 2.19. The molecule has 2 heterocycles. The van der Waals surface area contributed by atoms with Crippen LogP contribution in [0.15, 0.2) is 35.5 Å². The SMILES string of the molecule is C#CC1=C/OCCOCCC2=C(/C=C\1)OCCO2. The van der Waals surface area contributed by atoms with Gasteiger partial charge in [-0.1, -0.05) is 5.92 Å². The Morgan fingerprint density at radius 2 is 1.89 bits per heavy atom. The topological polar surface area (TPSA) is 36.9 Å². The van der Waals surface area contributed by atoms with Crippen molar-refractivity contribution in [3.8, 4) is 12.3 Å². The molecule has 2 rings (SSSR count). The van der Waals surface area contributed by atoms with Crippen LogP contribution >= 0.6 is 0 Å². The molecule has 96 valence electrons. The van der Waals surface area contributed by atoms with Crippen LogP contribution in [0.4, 0.5) is 0 Å². The van der Waals surface area contributed by atoms with Gasteiger partial charge in [0, 0.05) is 6.42 Å². The summed E-state index contributed by atoms with van der Waals surface area (Å²) in [5, 5.41) is 0. The van der Waals surface area contributed by atoms with Gasteiger partial charge in [-0.05, 0) is 12.2 Å². The average Bonchev–Trinajstić information content (AvgIpc) is 2.40. The van der Waals surface area contributed by atoms with Crippen molar-refractivity contribution in [1.82, 2.24) is 0 Å². The molecule has 0 unspecified atom stereocenters. The summed E-state index contributed by atoms with van der Waals surface area (Å²) in [6, 6.07) is 0. The predicted molar refractivity (Wildman–Crippen MR) is 66.4 cm³/mol. The molecule has 0 N–H and O–H groups in total. The zero-order chi connectivity index (χ0) is 12.6. The van der Waals surface area contributed by atoms with Gasteiger partial charge in [0.1, 0.15) is 25.6 Å². The van der Waals surface area contributed by atoms with E-state index in [4.69, 9.17) is 25.4 Å². The highest BCUT2D eigenvalue weighted by molar-refractivity contribution is 5.37. The van der Waals surface area contributed by atoms with Crippen LogP contribution in [-0.2, 0) is 18.9 Å². The largest absolute Gasteiger partial charge is 0.497 e. The van der Waals surface area contributed by atoms with Crippen LogP contribution in [-0.4, -0.2) is 33.0 Å². The quantitative estimate of drug-likeness (QED) is 0.612. The van der Waals surface area contributed by atoms with Gasteiger partial charge in [0.05, 0.1) is 25.0 Å². The van der Waals surface area contributed by atoms with E-state index in [1.807, 2.05) is 6.08 Å². The van der Waals surface area contributed by atoms with E-state index < -0.39 is 0 Å². The maximum Gasteiger partial charge on any atom is 0.157 e. The molecule has 0 amide bonds. The normalized spacial score (nSPS) is 25.6. The van der Waals surface area contributed by atoms with Crippen molar-refractivity contribution in [1.29, 1.82) is 0 Å². The first-order chi connectivity index (χ1) is 8.90. The van der Waals surface area contributed by atoms with E-state index in [1.165, 1.54) is 0 Å². The van der Waals surface area contributed by atoms with Crippen LogP contribution < -0.4 is 0 Å². The molecule has 0 aromatic rings. The summed E-state index contributed by atoms with van der Waals surface area (Å²) in [5.74, 6) is 4.07. The monoisotopic (exact) mass is 248 g/mol. The van der Waals surface area contributed by atoms with Gasteiger partial charge < -0.3 is 18.9 Å². The molecule has 2 aliphatic heterocycles. The summed E-state index contributed by atoms with van der Waals surface area (Å²) in [4.78, 5) is 0. The second kappa shape index (κ2) is 6.77. The molecular formula is C14H16O4. The highest BCUT2D eigenvalue weighted by Gasteiger charge is 2.13. The molecule has 0 bridgehead atoms. The van der Waals surface area contributed by atoms with E-state index in [2.05, 4.69) is 5.92 Å². The Morgan fingerprint density at radius 3 is 2.78 bits per heavy atom. The van der Waals surface area contributed by atoms with Crippen LogP contribution in [0.2, 0.25) is 0 Å². The molecule has 4 heteroatoms. The summed E-state index contributed by atoms with van der Waals surface area (Å²) >= 11 is 0. The Hall–Kier alpha value is -1.86. The van der Waals surface area contributed by atoms with Crippen LogP contribution in [0.25, 0.3) is 0 Å². The van der Waals surface area contributed by atoms with Crippen LogP contribution in [0.5, 0.6) is 0 Å². The van der Waals surface area contributed by atoms with Gasteiger partial charge in [-0.3, -0.25) is 0 Å². The van der Waals surface area contributed by atoms with Gasteiger partial charge >= 0.3 is 0 Å². The third-order valence-electron chi connectivity index (χ3n) is 2.50. The van der Waals surface area contributed by atoms with Crippen molar-refractivity contribution >= 4 is 0 Å². The number of hydrogen-bond donors (Lipinski definition) is 0. The van der Waals surface area contributed by atoms with Crippen molar-refractivity contribution in [2.24, 2.45) is 0 Å². The van der Waals surface area contributed by atoms with Crippen molar-refractivity contribution in [2.45, 2.75) is 6.42 Å². The minimum absolute atomic E-state index is 0.488. The fourth-order valence-electron chi connectivity index (χ4n) is 1.61. The molecule has 0 aromatic carbocycles. The zero-order valence-electron chi connectivity index (χ0n) is 10.2. The Bertz CT molecular complexity index is 412. The molecule has 0 saturated carbocycles. The van der Waals surface area contributed by atoms with Crippen LogP contribution in [0.1, 0.15) is 6.42 Å². The lowest BCUT2D eigenvalue weighted by Crippen LogP contribution is -2.15. The van der Waals surface area contributed by atoms with Crippen molar-refractivity contribution in [3.63, 3.8) is 0 Å². The molecule has 0 aromatic heterocycles. The fourth-order valence-corrected chi connectivity index (χ4v) is 1.61. The zero-order valence-corrected chi connectivity index (χ0v) is 10.2. The third-order valence-corrected chi connectivity index (χ3v) is 2.50. The molecule has 4 nitrogen and oxygen atoms in total. The summed E-state index contributed by atoms with van der Waals surface area (Å²) in [7, 11) is 0. The lowest BCUT2D eigenvalue weighted by molar-refractivity contribution is 0.0440. The van der Waals surface area contributed by atoms with Gasteiger partial charge in [-0.15, -0.1) is 6.42 Å². The molecule has 0 spiro atoms. The molecule has 0 aliphatic carbocycles. The van der Waals surface area contributed by atoms with Crippen molar-refractivity contribution in [2.75, 3.05) is 33.0 Å². The summed E-state index contributed by atoms with van der Waals surface area (Å²) < 4.78 is 21.8.